The molecule has 4 aromatic rings. The SMILES string of the molecule is CCCCC(CC)Cc1ccccc1C(=O)ONc1nc(OC(=O)c2ccccc2CC(CC)CCCC)nc(N(C(=O)NC(C)(C)C)c2ccccc2)n1. The molecule has 0 aliphatic rings. The molecular formula is C44H58N6O5. The van der Waals surface area contributed by atoms with Crippen LogP contribution in [0.5, 0.6) is 6.01 Å². The molecule has 2 amide bonds. The van der Waals surface area contributed by atoms with E-state index in [1.807, 2.05) is 51.1 Å². The molecule has 11 heteroatoms. The Morgan fingerprint density at radius 3 is 1.75 bits per heavy atom. The summed E-state index contributed by atoms with van der Waals surface area (Å²) in [4.78, 5) is 61.4. The number of esters is 1. The van der Waals surface area contributed by atoms with Crippen LogP contribution in [0.15, 0.2) is 78.9 Å². The van der Waals surface area contributed by atoms with Gasteiger partial charge in [-0.1, -0.05) is 134 Å². The van der Waals surface area contributed by atoms with Gasteiger partial charge >= 0.3 is 24.0 Å². The number of anilines is 3. The summed E-state index contributed by atoms with van der Waals surface area (Å²) in [6.45, 7) is 14.2. The normalized spacial score (nSPS) is 12.3. The quantitative estimate of drug-likeness (QED) is 0.0709. The number of para-hydroxylation sites is 1. The fraction of sp³-hybridized carbons (Fsp3) is 0.455. The van der Waals surface area contributed by atoms with E-state index in [1.165, 1.54) is 4.90 Å². The van der Waals surface area contributed by atoms with Gasteiger partial charge in [0.2, 0.25) is 5.95 Å². The molecule has 0 saturated heterocycles. The Kier molecular flexibility index (Phi) is 16.2. The summed E-state index contributed by atoms with van der Waals surface area (Å²) in [6, 6.07) is 22.7. The van der Waals surface area contributed by atoms with E-state index in [-0.39, 0.29) is 17.9 Å². The lowest BCUT2D eigenvalue weighted by Gasteiger charge is -2.27. The highest BCUT2D eigenvalue weighted by Gasteiger charge is 2.28. The standard InChI is InChI=1S/C44H58N6O5/c1-8-12-21-31(10-3)29-33-23-17-19-27-36(33)38(51)54-42-46-40(45-41(47-42)50(35-25-15-14-16-26-35)43(53)48-44(5,6)7)49-55-39(52)37-28-20-18-24-34(37)30-32(11-4)22-13-9-2/h14-20,23-28,31-32H,8-13,21-22,29-30H2,1-7H3,(H,48,53)(H,45,46,47,49). The van der Waals surface area contributed by atoms with Crippen molar-refractivity contribution in [2.75, 3.05) is 10.4 Å². The van der Waals surface area contributed by atoms with Crippen LogP contribution in [0.4, 0.5) is 22.4 Å². The van der Waals surface area contributed by atoms with Crippen LogP contribution in [0.25, 0.3) is 0 Å². The third-order valence-corrected chi connectivity index (χ3v) is 9.50. The molecule has 55 heavy (non-hydrogen) atoms. The van der Waals surface area contributed by atoms with Crippen LogP contribution in [0.2, 0.25) is 0 Å². The fourth-order valence-corrected chi connectivity index (χ4v) is 6.40. The molecule has 1 heterocycles. The third kappa shape index (κ3) is 12.9. The number of benzene rings is 3. The first-order chi connectivity index (χ1) is 26.5. The lowest BCUT2D eigenvalue weighted by atomic mass is 9.90. The Bertz CT molecular complexity index is 1840. The second-order valence-corrected chi connectivity index (χ2v) is 15.0. The lowest BCUT2D eigenvalue weighted by molar-refractivity contribution is 0.0588. The lowest BCUT2D eigenvalue weighted by Crippen LogP contribution is -2.47. The van der Waals surface area contributed by atoms with Crippen molar-refractivity contribution in [3.05, 3.63) is 101 Å². The molecule has 0 bridgehead atoms. The van der Waals surface area contributed by atoms with Gasteiger partial charge in [-0.3, -0.25) is 0 Å². The van der Waals surface area contributed by atoms with Crippen molar-refractivity contribution < 1.29 is 24.0 Å². The van der Waals surface area contributed by atoms with Gasteiger partial charge in [-0.15, -0.1) is 0 Å². The molecule has 2 atom stereocenters. The van der Waals surface area contributed by atoms with Gasteiger partial charge in [-0.25, -0.2) is 19.3 Å². The molecule has 0 radical (unpaired) electrons. The fourth-order valence-electron chi connectivity index (χ4n) is 6.40. The number of amides is 2. The summed E-state index contributed by atoms with van der Waals surface area (Å²) >= 11 is 0. The topological polar surface area (TPSA) is 136 Å². The molecule has 2 N–H and O–H groups in total. The largest absolute Gasteiger partial charge is 0.387 e. The number of hydrogen-bond donors (Lipinski definition) is 2. The van der Waals surface area contributed by atoms with Gasteiger partial charge < -0.3 is 14.9 Å². The predicted octanol–water partition coefficient (Wildman–Crippen LogP) is 10.4. The maximum absolute atomic E-state index is 13.8. The average molecular weight is 751 g/mol. The Labute approximate surface area is 326 Å². The molecule has 3 aromatic carbocycles. The second kappa shape index (κ2) is 21.0. The second-order valence-electron chi connectivity index (χ2n) is 15.0. The molecule has 0 aliphatic heterocycles. The van der Waals surface area contributed by atoms with Crippen LogP contribution >= 0.6 is 0 Å². The number of carbonyl (C=O) groups is 3. The minimum atomic E-state index is -0.658. The van der Waals surface area contributed by atoms with Gasteiger partial charge in [0.05, 0.1) is 16.8 Å². The van der Waals surface area contributed by atoms with E-state index in [4.69, 9.17) is 9.57 Å². The number of nitrogens with one attached hydrogen (secondary N) is 2. The molecular weight excluding hydrogens is 693 g/mol. The monoisotopic (exact) mass is 750 g/mol. The van der Waals surface area contributed by atoms with E-state index < -0.39 is 23.5 Å². The summed E-state index contributed by atoms with van der Waals surface area (Å²) < 4.78 is 5.84. The van der Waals surface area contributed by atoms with Gasteiger partial charge in [-0.05, 0) is 80.8 Å². The number of urea groups is 1. The summed E-state index contributed by atoms with van der Waals surface area (Å²) in [5, 5.41) is 2.95. The Morgan fingerprint density at radius 1 is 0.691 bits per heavy atom. The molecule has 0 aliphatic carbocycles. The first kappa shape index (κ1) is 42.4. The number of hydrogen-bond acceptors (Lipinski definition) is 9. The number of carbonyl (C=O) groups excluding carboxylic acids is 3. The molecule has 294 valence electrons. The Morgan fingerprint density at radius 2 is 1.22 bits per heavy atom. The van der Waals surface area contributed by atoms with Crippen molar-refractivity contribution in [3.8, 4) is 6.01 Å². The van der Waals surface area contributed by atoms with E-state index >= 15 is 0 Å². The van der Waals surface area contributed by atoms with E-state index in [1.54, 1.807) is 48.5 Å². The Hall–Kier alpha value is -5.32. The highest BCUT2D eigenvalue weighted by atomic mass is 16.7. The maximum atomic E-state index is 13.8. The summed E-state index contributed by atoms with van der Waals surface area (Å²) in [7, 11) is 0. The van der Waals surface area contributed by atoms with Gasteiger partial charge in [0, 0.05) is 5.54 Å². The molecule has 4 rings (SSSR count). The van der Waals surface area contributed by atoms with Crippen LogP contribution in [-0.2, 0) is 17.7 Å². The zero-order valence-electron chi connectivity index (χ0n) is 33.6. The number of ether oxygens (including phenoxy) is 1. The minimum Gasteiger partial charge on any atom is -0.387 e. The predicted molar refractivity (Wildman–Crippen MR) is 218 cm³/mol. The highest BCUT2D eigenvalue weighted by molar-refractivity contribution is 5.98. The van der Waals surface area contributed by atoms with Gasteiger partial charge in [0.15, 0.2) is 0 Å². The first-order valence-electron chi connectivity index (χ1n) is 19.7. The van der Waals surface area contributed by atoms with Crippen molar-refractivity contribution in [2.24, 2.45) is 11.8 Å². The summed E-state index contributed by atoms with van der Waals surface area (Å²) in [5.41, 5.74) is 4.96. The zero-order chi connectivity index (χ0) is 39.8. The molecule has 11 nitrogen and oxygen atoms in total. The highest BCUT2D eigenvalue weighted by Crippen LogP contribution is 2.27. The number of aromatic nitrogens is 3. The van der Waals surface area contributed by atoms with Crippen molar-refractivity contribution >= 4 is 35.6 Å². The van der Waals surface area contributed by atoms with Gasteiger partial charge in [-0.2, -0.15) is 20.4 Å². The molecule has 1 aromatic heterocycles. The van der Waals surface area contributed by atoms with Crippen molar-refractivity contribution in [3.63, 3.8) is 0 Å². The zero-order valence-corrected chi connectivity index (χ0v) is 33.6. The molecule has 0 fully saturated rings. The van der Waals surface area contributed by atoms with E-state index in [2.05, 4.69) is 53.4 Å². The number of unbranched alkanes of at least 4 members (excludes halogenated alkanes) is 2. The molecule has 2 unspecified atom stereocenters. The smallest absolute Gasteiger partial charge is 0.363 e. The van der Waals surface area contributed by atoms with E-state index in [9.17, 15) is 14.4 Å². The summed E-state index contributed by atoms with van der Waals surface area (Å²) in [6.07, 6.45) is 10.0. The molecule has 0 spiro atoms. The summed E-state index contributed by atoms with van der Waals surface area (Å²) in [5.74, 6) is -0.842. The van der Waals surface area contributed by atoms with Crippen LogP contribution in [0, 0.1) is 11.8 Å². The van der Waals surface area contributed by atoms with Gasteiger partial charge in [0.1, 0.15) is 0 Å². The minimum absolute atomic E-state index is 0.162. The molecule has 0 saturated carbocycles. The van der Waals surface area contributed by atoms with E-state index in [0.29, 0.717) is 28.7 Å². The first-order valence-corrected chi connectivity index (χ1v) is 19.7. The van der Waals surface area contributed by atoms with E-state index in [0.717, 1.165) is 75.3 Å². The van der Waals surface area contributed by atoms with Crippen LogP contribution < -0.4 is 20.4 Å². The van der Waals surface area contributed by atoms with Crippen LogP contribution in [0.1, 0.15) is 132 Å². The van der Waals surface area contributed by atoms with Crippen molar-refractivity contribution in [1.82, 2.24) is 20.3 Å². The van der Waals surface area contributed by atoms with Crippen molar-refractivity contribution in [1.29, 1.82) is 0 Å². The van der Waals surface area contributed by atoms with Gasteiger partial charge in [0.25, 0.3) is 5.95 Å². The number of nitrogens with zero attached hydrogens (tertiary/aromatic N) is 4. The van der Waals surface area contributed by atoms with Crippen molar-refractivity contribution in [2.45, 2.75) is 118 Å². The Balaban J connectivity index is 1.70. The maximum Gasteiger partial charge on any atom is 0.363 e. The average Bonchev–Trinajstić information content (AvgIpc) is 3.17. The third-order valence-electron chi connectivity index (χ3n) is 9.50. The van der Waals surface area contributed by atoms with Crippen LogP contribution in [0.3, 0.4) is 0 Å². The number of rotatable bonds is 19. The van der Waals surface area contributed by atoms with Crippen LogP contribution in [-0.4, -0.2) is 38.5 Å².